The summed E-state index contributed by atoms with van der Waals surface area (Å²) in [5, 5.41) is 0. The predicted octanol–water partition coefficient (Wildman–Crippen LogP) is 8.63. The smallest absolute Gasteiger partial charge is 0.343 e. The summed E-state index contributed by atoms with van der Waals surface area (Å²) < 4.78 is 16.8. The highest BCUT2D eigenvalue weighted by atomic mass is 16.5. The fourth-order valence-corrected chi connectivity index (χ4v) is 5.03. The van der Waals surface area contributed by atoms with E-state index >= 15 is 0 Å². The van der Waals surface area contributed by atoms with Gasteiger partial charge in [-0.1, -0.05) is 71.1 Å². The molecule has 35 heavy (non-hydrogen) atoms. The normalized spacial score (nSPS) is 17.7. The maximum Gasteiger partial charge on any atom is 0.343 e. The Morgan fingerprint density at radius 1 is 0.686 bits per heavy atom. The second-order valence-electron chi connectivity index (χ2n) is 9.90. The molecule has 2 aromatic carbocycles. The Morgan fingerprint density at radius 2 is 1.23 bits per heavy atom. The minimum absolute atomic E-state index is 0.382. The van der Waals surface area contributed by atoms with Crippen LogP contribution >= 0.6 is 0 Å². The largest absolute Gasteiger partial charge is 0.494 e. The third kappa shape index (κ3) is 9.95. The van der Waals surface area contributed by atoms with Crippen molar-refractivity contribution in [1.29, 1.82) is 0 Å². The summed E-state index contributed by atoms with van der Waals surface area (Å²) in [4.78, 5) is 12.3. The first-order valence-corrected chi connectivity index (χ1v) is 13.9. The fraction of sp³-hybridized carbons (Fsp3) is 0.581. The summed E-state index contributed by atoms with van der Waals surface area (Å²) in [6.07, 6.45) is 16.5. The minimum Gasteiger partial charge on any atom is -0.494 e. The summed E-state index contributed by atoms with van der Waals surface area (Å²) in [5.41, 5.74) is 0.495. The number of hydrogen-bond acceptors (Lipinski definition) is 4. The lowest BCUT2D eigenvalue weighted by molar-refractivity contribution is 0.0734. The van der Waals surface area contributed by atoms with Crippen molar-refractivity contribution in [3.05, 3.63) is 54.1 Å². The van der Waals surface area contributed by atoms with Crippen molar-refractivity contribution >= 4 is 5.97 Å². The maximum absolute atomic E-state index is 12.3. The summed E-state index contributed by atoms with van der Waals surface area (Å²) in [6.45, 7) is 5.55. The van der Waals surface area contributed by atoms with E-state index in [9.17, 15) is 4.79 Å². The van der Waals surface area contributed by atoms with E-state index in [2.05, 4.69) is 6.92 Å². The van der Waals surface area contributed by atoms with Crippen LogP contribution in [0.15, 0.2) is 48.5 Å². The highest BCUT2D eigenvalue weighted by molar-refractivity contribution is 5.91. The van der Waals surface area contributed by atoms with Crippen molar-refractivity contribution in [3.63, 3.8) is 0 Å². The van der Waals surface area contributed by atoms with E-state index in [1.54, 1.807) is 36.4 Å². The highest BCUT2D eigenvalue weighted by Crippen LogP contribution is 2.34. The second kappa shape index (κ2) is 15.5. The number of rotatable bonds is 15. The molecule has 4 nitrogen and oxygen atoms in total. The third-order valence-electron chi connectivity index (χ3n) is 7.14. The molecule has 4 heteroatoms. The first-order valence-electron chi connectivity index (χ1n) is 13.9. The van der Waals surface area contributed by atoms with Crippen LogP contribution in [0.3, 0.4) is 0 Å². The monoisotopic (exact) mass is 480 g/mol. The molecule has 1 aliphatic carbocycles. The zero-order valence-electron chi connectivity index (χ0n) is 21.8. The van der Waals surface area contributed by atoms with E-state index in [0.717, 1.165) is 36.4 Å². The zero-order chi connectivity index (χ0) is 24.7. The topological polar surface area (TPSA) is 44.8 Å². The van der Waals surface area contributed by atoms with Gasteiger partial charge in [0, 0.05) is 0 Å². The Labute approximate surface area is 212 Å². The number of carbonyl (C=O) groups is 1. The lowest BCUT2D eigenvalue weighted by Gasteiger charge is -2.28. The molecule has 1 aliphatic rings. The molecule has 2 aromatic rings. The van der Waals surface area contributed by atoms with Gasteiger partial charge in [0.1, 0.15) is 17.2 Å². The molecule has 0 bridgehead atoms. The van der Waals surface area contributed by atoms with Gasteiger partial charge in [0.15, 0.2) is 0 Å². The number of unbranched alkanes of at least 4 members (excludes halogenated alkanes) is 4. The first-order chi connectivity index (χ1) is 17.2. The third-order valence-corrected chi connectivity index (χ3v) is 7.14. The fourth-order valence-electron chi connectivity index (χ4n) is 5.03. The van der Waals surface area contributed by atoms with E-state index in [1.165, 1.54) is 70.6 Å². The molecule has 0 N–H and O–H groups in total. The average molecular weight is 481 g/mol. The molecule has 0 spiro atoms. The van der Waals surface area contributed by atoms with Crippen molar-refractivity contribution < 1.29 is 19.0 Å². The Kier molecular flexibility index (Phi) is 12.0. The molecule has 3 rings (SSSR count). The molecule has 192 valence electrons. The van der Waals surface area contributed by atoms with Gasteiger partial charge in [0.2, 0.25) is 0 Å². The molecule has 1 fully saturated rings. The van der Waals surface area contributed by atoms with Crippen molar-refractivity contribution in [1.82, 2.24) is 0 Å². The number of ether oxygens (including phenoxy) is 3. The van der Waals surface area contributed by atoms with Crippen molar-refractivity contribution in [3.8, 4) is 17.2 Å². The van der Waals surface area contributed by atoms with Gasteiger partial charge in [-0.05, 0) is 80.1 Å². The zero-order valence-corrected chi connectivity index (χ0v) is 21.8. The van der Waals surface area contributed by atoms with Gasteiger partial charge in [-0.2, -0.15) is 0 Å². The van der Waals surface area contributed by atoms with E-state index in [4.69, 9.17) is 14.2 Å². The van der Waals surface area contributed by atoms with Crippen LogP contribution in [0.2, 0.25) is 0 Å². The predicted molar refractivity (Wildman–Crippen MR) is 143 cm³/mol. The number of esters is 1. The molecule has 0 radical (unpaired) electrons. The molecule has 0 heterocycles. The Balaban J connectivity index is 1.28. The van der Waals surface area contributed by atoms with Gasteiger partial charge in [0.25, 0.3) is 0 Å². The molecular formula is C31H44O4. The quantitative estimate of drug-likeness (QED) is 0.145. The highest BCUT2D eigenvalue weighted by Gasteiger charge is 2.20. The van der Waals surface area contributed by atoms with Crippen LogP contribution in [-0.2, 0) is 0 Å². The molecule has 0 amide bonds. The molecule has 0 aliphatic heterocycles. The number of hydrogen-bond donors (Lipinski definition) is 0. The van der Waals surface area contributed by atoms with Crippen LogP contribution in [-0.4, -0.2) is 19.2 Å². The van der Waals surface area contributed by atoms with E-state index in [-0.39, 0.29) is 5.97 Å². The first kappa shape index (κ1) is 27.1. The van der Waals surface area contributed by atoms with Crippen LogP contribution in [0.25, 0.3) is 0 Å². The molecule has 1 saturated carbocycles. The Morgan fingerprint density at radius 3 is 1.86 bits per heavy atom. The van der Waals surface area contributed by atoms with Gasteiger partial charge in [-0.25, -0.2) is 4.79 Å². The lowest BCUT2D eigenvalue weighted by atomic mass is 9.78. The second-order valence-corrected chi connectivity index (χ2v) is 9.90. The number of carbonyl (C=O) groups excluding carboxylic acids is 1. The summed E-state index contributed by atoms with van der Waals surface area (Å²) in [7, 11) is 0. The maximum atomic E-state index is 12.3. The standard InChI is InChI=1S/C31H44O4/c1-3-5-6-7-8-10-25-12-14-26(15-13-25)11-9-24-34-29-20-22-30(23-21-29)35-31(32)27-16-18-28(19-17-27)33-4-2/h16-23,25-26H,3-15,24H2,1-2H3/t25-,26-. The number of benzene rings is 2. The van der Waals surface area contributed by atoms with Gasteiger partial charge in [0.05, 0.1) is 18.8 Å². The van der Waals surface area contributed by atoms with Crippen LogP contribution in [0, 0.1) is 11.8 Å². The molecular weight excluding hydrogens is 436 g/mol. The van der Waals surface area contributed by atoms with Gasteiger partial charge >= 0.3 is 5.97 Å². The van der Waals surface area contributed by atoms with Crippen LogP contribution in [0.1, 0.15) is 101 Å². The van der Waals surface area contributed by atoms with Gasteiger partial charge in [-0.3, -0.25) is 0 Å². The molecule has 0 aromatic heterocycles. The van der Waals surface area contributed by atoms with E-state index in [1.807, 2.05) is 19.1 Å². The SMILES string of the molecule is CCCCCCC[C@H]1CC[C@H](CCCOc2ccc(OC(=O)c3ccc(OCC)cc3)cc2)CC1. The summed E-state index contributed by atoms with van der Waals surface area (Å²) in [6, 6.07) is 14.3. The van der Waals surface area contributed by atoms with E-state index < -0.39 is 0 Å². The Bertz CT molecular complexity index is 835. The van der Waals surface area contributed by atoms with Crippen molar-refractivity contribution in [2.75, 3.05) is 13.2 Å². The molecule has 0 saturated heterocycles. The average Bonchev–Trinajstić information content (AvgIpc) is 2.89. The van der Waals surface area contributed by atoms with Gasteiger partial charge in [-0.15, -0.1) is 0 Å². The Hall–Kier alpha value is -2.49. The van der Waals surface area contributed by atoms with Crippen LogP contribution in [0.5, 0.6) is 17.2 Å². The van der Waals surface area contributed by atoms with Crippen LogP contribution < -0.4 is 14.2 Å². The minimum atomic E-state index is -0.382. The van der Waals surface area contributed by atoms with Crippen LogP contribution in [0.4, 0.5) is 0 Å². The van der Waals surface area contributed by atoms with Crippen molar-refractivity contribution in [2.24, 2.45) is 11.8 Å². The van der Waals surface area contributed by atoms with Gasteiger partial charge < -0.3 is 14.2 Å². The molecule has 0 unspecified atom stereocenters. The lowest BCUT2D eigenvalue weighted by Crippen LogP contribution is -2.15. The molecule has 0 atom stereocenters. The van der Waals surface area contributed by atoms with Crippen molar-refractivity contribution in [2.45, 2.75) is 90.9 Å². The summed E-state index contributed by atoms with van der Waals surface area (Å²) in [5.74, 6) is 3.54. The summed E-state index contributed by atoms with van der Waals surface area (Å²) >= 11 is 0. The van der Waals surface area contributed by atoms with E-state index in [0.29, 0.717) is 17.9 Å².